The number of hydrogen-bond donors (Lipinski definition) is 1. The van der Waals surface area contributed by atoms with Crippen molar-refractivity contribution in [2.24, 2.45) is 0 Å². The predicted molar refractivity (Wildman–Crippen MR) is 103 cm³/mol. The smallest absolute Gasteiger partial charge is 0.0595 e. The molecular weight excluding hydrogens is 345 g/mol. The van der Waals surface area contributed by atoms with Crippen LogP contribution in [0.4, 0.5) is 0 Å². The number of benzene rings is 2. The van der Waals surface area contributed by atoms with E-state index in [-0.39, 0.29) is 0 Å². The van der Waals surface area contributed by atoms with Gasteiger partial charge < -0.3 is 5.32 Å². The van der Waals surface area contributed by atoms with E-state index >= 15 is 0 Å². The van der Waals surface area contributed by atoms with Crippen LogP contribution in [0.15, 0.2) is 36.4 Å². The van der Waals surface area contributed by atoms with E-state index in [1.165, 1.54) is 22.3 Å². The summed E-state index contributed by atoms with van der Waals surface area (Å²) in [7, 11) is 2.05. The van der Waals surface area contributed by atoms with Gasteiger partial charge in [0.2, 0.25) is 0 Å². The average Bonchev–Trinajstić information content (AvgIpc) is 2.56. The van der Waals surface area contributed by atoms with Crippen LogP contribution in [0.5, 0.6) is 0 Å². The topological polar surface area (TPSA) is 12.0 Å². The van der Waals surface area contributed by atoms with Crippen LogP contribution < -0.4 is 5.32 Å². The second-order valence-electron chi connectivity index (χ2n) is 6.04. The fourth-order valence-corrected chi connectivity index (χ4v) is 4.34. The van der Waals surface area contributed by atoms with Gasteiger partial charge in [0, 0.05) is 17.7 Å². The van der Waals surface area contributed by atoms with Gasteiger partial charge in [-0.3, -0.25) is 0 Å². The molecule has 122 valence electrons. The lowest BCUT2D eigenvalue weighted by Crippen LogP contribution is -2.24. The van der Waals surface area contributed by atoms with E-state index in [0.29, 0.717) is 22.0 Å². The number of nitrogens with one attached hydrogen (secondary N) is 1. The monoisotopic (exact) mass is 365 g/mol. The largest absolute Gasteiger partial charge is 0.313 e. The Kier molecular flexibility index (Phi) is 5.58. The Morgan fingerprint density at radius 2 is 1.87 bits per heavy atom. The van der Waals surface area contributed by atoms with Gasteiger partial charge in [0.05, 0.1) is 10.0 Å². The van der Waals surface area contributed by atoms with Crippen LogP contribution in [-0.4, -0.2) is 13.3 Å². The molecule has 1 aliphatic rings. The molecule has 23 heavy (non-hydrogen) atoms. The van der Waals surface area contributed by atoms with Gasteiger partial charge in [-0.15, -0.1) is 0 Å². The lowest BCUT2D eigenvalue weighted by molar-refractivity contribution is 0.470. The molecule has 0 aliphatic heterocycles. The molecule has 3 rings (SSSR count). The van der Waals surface area contributed by atoms with Crippen LogP contribution >= 0.6 is 35.0 Å². The Labute approximate surface area is 152 Å². The highest BCUT2D eigenvalue weighted by Gasteiger charge is 2.27. The number of fused-ring (bicyclic) bond motifs is 1. The molecule has 0 fully saturated rings. The molecule has 1 nitrogen and oxygen atoms in total. The van der Waals surface area contributed by atoms with Gasteiger partial charge in [-0.2, -0.15) is 11.8 Å². The van der Waals surface area contributed by atoms with Gasteiger partial charge >= 0.3 is 0 Å². The molecule has 0 bridgehead atoms. The van der Waals surface area contributed by atoms with Gasteiger partial charge in [-0.25, -0.2) is 0 Å². The number of rotatable bonds is 4. The van der Waals surface area contributed by atoms with Crippen LogP contribution in [0, 0.1) is 0 Å². The van der Waals surface area contributed by atoms with E-state index in [0.717, 1.165) is 18.6 Å². The summed E-state index contributed by atoms with van der Waals surface area (Å²) in [5.74, 6) is 1.45. The first-order valence-electron chi connectivity index (χ1n) is 7.88. The highest BCUT2D eigenvalue weighted by atomic mass is 35.5. The minimum Gasteiger partial charge on any atom is -0.313 e. The number of hydrogen-bond acceptors (Lipinski definition) is 2. The standard InChI is InChI=1S/C19H21Cl2NS/c1-22-19-8-6-14(13-4-7-17(20)18(21)10-13)15-5-3-12(11-23-2)9-16(15)19/h3-5,7,9-10,14,19,22H,6,8,11H2,1-2H3/t14?,19-/m0/s1. The lowest BCUT2D eigenvalue weighted by Gasteiger charge is -2.32. The van der Waals surface area contributed by atoms with Crippen molar-refractivity contribution in [2.75, 3.05) is 13.3 Å². The van der Waals surface area contributed by atoms with Crippen LogP contribution in [0.1, 0.15) is 47.1 Å². The molecule has 4 heteroatoms. The van der Waals surface area contributed by atoms with E-state index in [1.54, 1.807) is 0 Å². The molecule has 2 atom stereocenters. The highest BCUT2D eigenvalue weighted by molar-refractivity contribution is 7.97. The van der Waals surface area contributed by atoms with Crippen molar-refractivity contribution in [2.45, 2.75) is 30.6 Å². The average molecular weight is 366 g/mol. The van der Waals surface area contributed by atoms with Crippen LogP contribution in [-0.2, 0) is 5.75 Å². The summed E-state index contributed by atoms with van der Waals surface area (Å²) < 4.78 is 0. The molecule has 0 aromatic heterocycles. The number of halogens is 2. The second kappa shape index (κ2) is 7.48. The zero-order valence-electron chi connectivity index (χ0n) is 13.4. The van der Waals surface area contributed by atoms with E-state index in [4.69, 9.17) is 23.2 Å². The summed E-state index contributed by atoms with van der Waals surface area (Å²) in [6.07, 6.45) is 4.41. The summed E-state index contributed by atoms with van der Waals surface area (Å²) in [5, 5.41) is 4.73. The van der Waals surface area contributed by atoms with Crippen molar-refractivity contribution >= 4 is 35.0 Å². The summed E-state index contributed by atoms with van der Waals surface area (Å²) >= 11 is 14.2. The third-order valence-corrected chi connectivity index (χ3v) is 6.01. The first-order chi connectivity index (χ1) is 11.1. The Hall–Kier alpha value is -0.670. The Bertz CT molecular complexity index is 702. The number of thioether (sulfide) groups is 1. The summed E-state index contributed by atoms with van der Waals surface area (Å²) in [6, 6.07) is 13.4. The van der Waals surface area contributed by atoms with E-state index in [2.05, 4.69) is 42.9 Å². The van der Waals surface area contributed by atoms with Gasteiger partial charge in [0.1, 0.15) is 0 Å². The Balaban J connectivity index is 2.03. The zero-order valence-corrected chi connectivity index (χ0v) is 15.7. The van der Waals surface area contributed by atoms with Crippen LogP contribution in [0.2, 0.25) is 10.0 Å². The lowest BCUT2D eigenvalue weighted by atomic mass is 9.76. The quantitative estimate of drug-likeness (QED) is 0.708. The molecule has 1 unspecified atom stereocenters. The second-order valence-corrected chi connectivity index (χ2v) is 7.72. The normalized spacial score (nSPS) is 20.3. The molecule has 1 N–H and O–H groups in total. The molecule has 0 spiro atoms. The molecule has 0 saturated carbocycles. The molecule has 0 amide bonds. The van der Waals surface area contributed by atoms with Crippen LogP contribution in [0.3, 0.4) is 0 Å². The molecule has 2 aromatic carbocycles. The summed E-state index contributed by atoms with van der Waals surface area (Å²) in [4.78, 5) is 0. The van der Waals surface area contributed by atoms with E-state index in [9.17, 15) is 0 Å². The summed E-state index contributed by atoms with van der Waals surface area (Å²) in [5.41, 5.74) is 5.50. The minimum absolute atomic E-state index is 0.396. The minimum atomic E-state index is 0.396. The molecule has 2 aromatic rings. The van der Waals surface area contributed by atoms with Crippen molar-refractivity contribution in [1.29, 1.82) is 0 Å². The Morgan fingerprint density at radius 3 is 2.57 bits per heavy atom. The maximum Gasteiger partial charge on any atom is 0.0595 e. The maximum absolute atomic E-state index is 6.24. The fourth-order valence-electron chi connectivity index (χ4n) is 3.52. The molecule has 1 aliphatic carbocycles. The summed E-state index contributed by atoms with van der Waals surface area (Å²) in [6.45, 7) is 0. The fraction of sp³-hybridized carbons (Fsp3) is 0.368. The Morgan fingerprint density at radius 1 is 1.04 bits per heavy atom. The molecular formula is C19H21Cl2NS. The molecule has 0 heterocycles. The highest BCUT2D eigenvalue weighted by Crippen LogP contribution is 2.42. The predicted octanol–water partition coefficient (Wildman–Crippen LogP) is 6.04. The molecule has 0 radical (unpaired) electrons. The third kappa shape index (κ3) is 3.56. The van der Waals surface area contributed by atoms with Crippen LogP contribution in [0.25, 0.3) is 0 Å². The van der Waals surface area contributed by atoms with Crippen molar-refractivity contribution in [3.05, 3.63) is 68.7 Å². The van der Waals surface area contributed by atoms with Crippen molar-refractivity contribution in [3.63, 3.8) is 0 Å². The third-order valence-electron chi connectivity index (χ3n) is 4.65. The SMILES string of the molecule is CN[C@H]1CCC(c2ccc(Cl)c(Cl)c2)c2ccc(CSC)cc21. The van der Waals surface area contributed by atoms with Crippen molar-refractivity contribution in [1.82, 2.24) is 5.32 Å². The van der Waals surface area contributed by atoms with E-state index < -0.39 is 0 Å². The van der Waals surface area contributed by atoms with Gasteiger partial charge in [0.15, 0.2) is 0 Å². The maximum atomic E-state index is 6.24. The first-order valence-corrected chi connectivity index (χ1v) is 10.0. The van der Waals surface area contributed by atoms with Gasteiger partial charge in [-0.05, 0) is 60.5 Å². The molecule has 0 saturated heterocycles. The zero-order chi connectivity index (χ0) is 16.4. The van der Waals surface area contributed by atoms with Crippen molar-refractivity contribution in [3.8, 4) is 0 Å². The van der Waals surface area contributed by atoms with E-state index in [1.807, 2.05) is 23.9 Å². The van der Waals surface area contributed by atoms with Gasteiger partial charge in [0.25, 0.3) is 0 Å². The van der Waals surface area contributed by atoms with Crippen molar-refractivity contribution < 1.29 is 0 Å². The first kappa shape index (κ1) is 17.2. The van der Waals surface area contributed by atoms with Gasteiger partial charge in [-0.1, -0.05) is 47.5 Å².